The molecular formula is C27H47ClN2O3. The molecule has 1 aliphatic carbocycles. The number of hydrogen-bond acceptors (Lipinski definition) is 3. The van der Waals surface area contributed by atoms with Gasteiger partial charge in [-0.1, -0.05) is 88.5 Å². The zero-order valence-electron chi connectivity index (χ0n) is 21.2. The second-order valence-corrected chi connectivity index (χ2v) is 9.96. The van der Waals surface area contributed by atoms with Crippen molar-refractivity contribution in [2.24, 2.45) is 11.8 Å². The molecule has 190 valence electrons. The lowest BCUT2D eigenvalue weighted by Gasteiger charge is -2.28. The molecule has 1 amide bonds. The lowest BCUT2D eigenvalue weighted by molar-refractivity contribution is -0.140. The number of aliphatic carboxylic acids is 1. The number of nitrogens with zero attached hydrogens (tertiary/aromatic N) is 1. The van der Waals surface area contributed by atoms with Gasteiger partial charge in [-0.2, -0.15) is 0 Å². The molecule has 0 radical (unpaired) electrons. The van der Waals surface area contributed by atoms with Gasteiger partial charge in [0.25, 0.3) is 0 Å². The lowest BCUT2D eigenvalue weighted by Crippen LogP contribution is -2.28. The van der Waals surface area contributed by atoms with Gasteiger partial charge < -0.3 is 10.0 Å². The second kappa shape index (κ2) is 18.1. The number of halogens is 1. The van der Waals surface area contributed by atoms with Crippen LogP contribution in [0.1, 0.15) is 103 Å². The molecule has 0 aliphatic heterocycles. The van der Waals surface area contributed by atoms with E-state index in [1.165, 1.54) is 51.4 Å². The van der Waals surface area contributed by atoms with Crippen LogP contribution < -0.4 is 4.84 Å². The summed E-state index contributed by atoms with van der Waals surface area (Å²) in [6.07, 6.45) is 22.0. The third-order valence-electron chi connectivity index (χ3n) is 6.85. The Kier molecular flexibility index (Phi) is 16.3. The molecule has 0 bridgehead atoms. The van der Waals surface area contributed by atoms with Crippen molar-refractivity contribution < 1.29 is 14.7 Å². The van der Waals surface area contributed by atoms with Crippen molar-refractivity contribution in [2.45, 2.75) is 109 Å². The van der Waals surface area contributed by atoms with Crippen LogP contribution in [0.25, 0.3) is 0 Å². The Bertz CT molecular complexity index is 618. The van der Waals surface area contributed by atoms with E-state index in [9.17, 15) is 14.7 Å². The average Bonchev–Trinajstić information content (AvgIpc) is 2.81. The maximum Gasteiger partial charge on any atom is 0.310 e. The Morgan fingerprint density at radius 1 is 1.03 bits per heavy atom. The highest BCUT2D eigenvalue weighted by atomic mass is 35.5. The van der Waals surface area contributed by atoms with Gasteiger partial charge in [-0.15, -0.1) is 0 Å². The van der Waals surface area contributed by atoms with Crippen molar-refractivity contribution in [1.82, 2.24) is 9.74 Å². The predicted molar refractivity (Wildman–Crippen MR) is 138 cm³/mol. The molecular weight excluding hydrogens is 436 g/mol. The molecule has 0 spiro atoms. The van der Waals surface area contributed by atoms with Crippen molar-refractivity contribution >= 4 is 23.7 Å². The number of carbonyl (C=O) groups excluding carboxylic acids is 1. The number of rotatable bonds is 19. The first-order chi connectivity index (χ1) is 15.9. The van der Waals surface area contributed by atoms with E-state index in [0.717, 1.165) is 31.3 Å². The van der Waals surface area contributed by atoms with Crippen molar-refractivity contribution in [3.63, 3.8) is 0 Å². The number of carboxylic acids is 1. The second-order valence-electron chi connectivity index (χ2n) is 9.75. The summed E-state index contributed by atoms with van der Waals surface area (Å²) >= 11 is 5.99. The molecule has 5 nitrogen and oxygen atoms in total. The summed E-state index contributed by atoms with van der Waals surface area (Å²) in [4.78, 5) is 28.3. The fourth-order valence-electron chi connectivity index (χ4n) is 4.67. The van der Waals surface area contributed by atoms with Crippen LogP contribution in [-0.2, 0) is 9.59 Å². The quantitative estimate of drug-likeness (QED) is 0.155. The molecule has 3 atom stereocenters. The SMILES string of the molecule is CCCCCCCCCCCC(CCC(CCC(=O)N(C)C)NCl)C1=CC=CCC1C(=O)O. The Morgan fingerprint density at radius 3 is 2.24 bits per heavy atom. The maximum atomic E-state index is 11.9. The van der Waals surface area contributed by atoms with Gasteiger partial charge in [-0.25, -0.2) is 4.84 Å². The number of allylic oxidation sites excluding steroid dienone is 3. The molecule has 2 N–H and O–H groups in total. The van der Waals surface area contributed by atoms with Gasteiger partial charge in [0.2, 0.25) is 5.91 Å². The Balaban J connectivity index is 2.59. The normalized spacial score (nSPS) is 17.5. The molecule has 6 heteroatoms. The first-order valence-corrected chi connectivity index (χ1v) is 13.4. The fourth-order valence-corrected chi connectivity index (χ4v) is 4.88. The molecule has 33 heavy (non-hydrogen) atoms. The molecule has 0 fully saturated rings. The monoisotopic (exact) mass is 482 g/mol. The molecule has 1 aliphatic rings. The fraction of sp³-hybridized carbons (Fsp3) is 0.778. The molecule has 0 aromatic heterocycles. The van der Waals surface area contributed by atoms with Crippen LogP contribution in [0.2, 0.25) is 0 Å². The summed E-state index contributed by atoms with van der Waals surface area (Å²) in [6, 6.07) is 0.0456. The highest BCUT2D eigenvalue weighted by molar-refractivity contribution is 6.13. The number of hydrogen-bond donors (Lipinski definition) is 2. The van der Waals surface area contributed by atoms with E-state index in [-0.39, 0.29) is 17.9 Å². The Labute approximate surface area is 207 Å². The van der Waals surface area contributed by atoms with Gasteiger partial charge in [0.1, 0.15) is 0 Å². The van der Waals surface area contributed by atoms with Gasteiger partial charge >= 0.3 is 5.97 Å². The zero-order valence-corrected chi connectivity index (χ0v) is 21.9. The Morgan fingerprint density at radius 2 is 1.67 bits per heavy atom. The van der Waals surface area contributed by atoms with E-state index >= 15 is 0 Å². The summed E-state index contributed by atoms with van der Waals surface area (Å²) in [5.41, 5.74) is 1.06. The number of unbranched alkanes of at least 4 members (excludes halogenated alkanes) is 8. The summed E-state index contributed by atoms with van der Waals surface area (Å²) in [5.74, 6) is -0.801. The summed E-state index contributed by atoms with van der Waals surface area (Å²) in [6.45, 7) is 2.25. The predicted octanol–water partition coefficient (Wildman–Crippen LogP) is 6.87. The highest BCUT2D eigenvalue weighted by Crippen LogP contribution is 2.34. The summed E-state index contributed by atoms with van der Waals surface area (Å²) in [5, 5.41) is 9.76. The minimum absolute atomic E-state index is 0.0456. The molecule has 0 aromatic carbocycles. The first kappa shape index (κ1) is 29.7. The van der Waals surface area contributed by atoms with E-state index in [1.807, 2.05) is 18.2 Å². The number of carbonyl (C=O) groups is 2. The zero-order chi connectivity index (χ0) is 24.5. The number of carboxylic acid groups (broad SMARTS) is 1. The standard InChI is InChI=1S/C27H47ClN2O3/c1-4-5-6-7-8-9-10-11-12-15-22(24-16-13-14-17-25(24)27(32)33)18-19-23(29-28)20-21-26(31)30(2)3/h13-14,16,22-23,25,29H,4-12,15,17-21H2,1-3H3,(H,32,33). The van der Waals surface area contributed by atoms with E-state index in [1.54, 1.807) is 19.0 Å². The van der Waals surface area contributed by atoms with Crippen LogP contribution in [0.3, 0.4) is 0 Å². The molecule has 1 rings (SSSR count). The number of nitrogens with one attached hydrogen (secondary N) is 1. The van der Waals surface area contributed by atoms with Crippen molar-refractivity contribution in [3.05, 3.63) is 23.8 Å². The smallest absolute Gasteiger partial charge is 0.310 e. The van der Waals surface area contributed by atoms with Crippen LogP contribution in [0.15, 0.2) is 23.8 Å². The topological polar surface area (TPSA) is 69.6 Å². The van der Waals surface area contributed by atoms with E-state index in [2.05, 4.69) is 11.8 Å². The Hall–Kier alpha value is -1.33. The molecule has 0 saturated carbocycles. The van der Waals surface area contributed by atoms with E-state index < -0.39 is 11.9 Å². The molecule has 0 heterocycles. The summed E-state index contributed by atoms with van der Waals surface area (Å²) < 4.78 is 0. The summed E-state index contributed by atoms with van der Waals surface area (Å²) in [7, 11) is 3.53. The van der Waals surface area contributed by atoms with Crippen LogP contribution >= 0.6 is 11.8 Å². The largest absolute Gasteiger partial charge is 0.481 e. The third-order valence-corrected chi connectivity index (χ3v) is 7.16. The molecule has 0 saturated heterocycles. The minimum Gasteiger partial charge on any atom is -0.481 e. The van der Waals surface area contributed by atoms with E-state index in [4.69, 9.17) is 11.8 Å². The first-order valence-electron chi connectivity index (χ1n) is 13.1. The number of amides is 1. The highest BCUT2D eigenvalue weighted by Gasteiger charge is 2.28. The average molecular weight is 483 g/mol. The van der Waals surface area contributed by atoms with Gasteiger partial charge in [0, 0.05) is 26.6 Å². The molecule has 0 aromatic rings. The lowest BCUT2D eigenvalue weighted by atomic mass is 9.78. The van der Waals surface area contributed by atoms with Crippen LogP contribution in [0, 0.1) is 11.8 Å². The molecule has 3 unspecified atom stereocenters. The van der Waals surface area contributed by atoms with Crippen LogP contribution in [0.5, 0.6) is 0 Å². The van der Waals surface area contributed by atoms with Gasteiger partial charge in [-0.3, -0.25) is 9.59 Å². The van der Waals surface area contributed by atoms with Crippen LogP contribution in [-0.4, -0.2) is 42.0 Å². The van der Waals surface area contributed by atoms with E-state index in [0.29, 0.717) is 19.3 Å². The van der Waals surface area contributed by atoms with Crippen molar-refractivity contribution in [2.75, 3.05) is 14.1 Å². The van der Waals surface area contributed by atoms with Crippen molar-refractivity contribution in [1.29, 1.82) is 0 Å². The maximum absolute atomic E-state index is 11.9. The van der Waals surface area contributed by atoms with Crippen LogP contribution in [0.4, 0.5) is 0 Å². The van der Waals surface area contributed by atoms with Gasteiger partial charge in [-0.05, 0) is 49.8 Å². The van der Waals surface area contributed by atoms with Gasteiger partial charge in [0.15, 0.2) is 0 Å². The van der Waals surface area contributed by atoms with Gasteiger partial charge in [0.05, 0.1) is 5.92 Å². The van der Waals surface area contributed by atoms with Crippen molar-refractivity contribution in [3.8, 4) is 0 Å². The minimum atomic E-state index is -0.730. The third kappa shape index (κ3) is 12.6.